The molecule has 0 atom stereocenters. The van der Waals surface area contributed by atoms with Crippen LogP contribution in [-0.2, 0) is 13.5 Å². The number of rotatable bonds is 4. The molecule has 0 saturated carbocycles. The fourth-order valence-electron chi connectivity index (χ4n) is 4.28. The number of hydrogen-bond acceptors (Lipinski definition) is 4. The van der Waals surface area contributed by atoms with Gasteiger partial charge in [0.25, 0.3) is 0 Å². The van der Waals surface area contributed by atoms with Crippen LogP contribution in [-0.4, -0.2) is 32.9 Å². The van der Waals surface area contributed by atoms with E-state index in [0.717, 1.165) is 39.1 Å². The van der Waals surface area contributed by atoms with Crippen molar-refractivity contribution < 1.29 is 9.90 Å². The largest absolute Gasteiger partial charge is 0.478 e. The van der Waals surface area contributed by atoms with Crippen molar-refractivity contribution in [2.75, 3.05) is 11.9 Å². The number of carboxylic acid groups (broad SMARTS) is 1. The quantitative estimate of drug-likeness (QED) is 0.482. The normalized spacial score (nSPS) is 12.7. The lowest BCUT2D eigenvalue weighted by molar-refractivity contribution is 0.0695. The molecule has 7 heteroatoms. The van der Waals surface area contributed by atoms with Gasteiger partial charge in [0.15, 0.2) is 0 Å². The Morgan fingerprint density at radius 3 is 2.68 bits per heavy atom. The van der Waals surface area contributed by atoms with E-state index in [0.29, 0.717) is 22.7 Å². The van der Waals surface area contributed by atoms with Gasteiger partial charge in [0.05, 0.1) is 33.3 Å². The van der Waals surface area contributed by atoms with Crippen LogP contribution in [0.15, 0.2) is 54.7 Å². The van der Waals surface area contributed by atoms with E-state index in [1.807, 2.05) is 72.2 Å². The van der Waals surface area contributed by atoms with Crippen molar-refractivity contribution in [3.8, 4) is 0 Å². The minimum absolute atomic E-state index is 0.293. The number of nitrogens with zero attached hydrogens (tertiary/aromatic N) is 4. The van der Waals surface area contributed by atoms with Crippen LogP contribution in [0, 0.1) is 0 Å². The topological polar surface area (TPSA) is 71.2 Å². The Bertz CT molecular complexity index is 1390. The average molecular weight is 431 g/mol. The number of carboxylic acids is 1. The summed E-state index contributed by atoms with van der Waals surface area (Å²) in [6.45, 7) is 0. The van der Waals surface area contributed by atoms with Crippen LogP contribution in [0.25, 0.3) is 22.6 Å². The van der Waals surface area contributed by atoms with Crippen molar-refractivity contribution in [2.45, 2.75) is 6.42 Å². The summed E-state index contributed by atoms with van der Waals surface area (Å²) >= 11 is 6.42. The number of carbonyl (C=O) groups is 1. The van der Waals surface area contributed by atoms with E-state index in [1.165, 1.54) is 0 Å². The van der Waals surface area contributed by atoms with E-state index < -0.39 is 5.97 Å². The van der Waals surface area contributed by atoms with Gasteiger partial charge in [-0.05, 0) is 41.5 Å². The van der Waals surface area contributed by atoms with Crippen LogP contribution in [0.2, 0.25) is 5.02 Å². The number of anilines is 2. The van der Waals surface area contributed by atoms with Gasteiger partial charge in [0, 0.05) is 32.1 Å². The average Bonchev–Trinajstić information content (AvgIpc) is 3.32. The second kappa shape index (κ2) is 7.25. The van der Waals surface area contributed by atoms with E-state index in [-0.39, 0.29) is 0 Å². The van der Waals surface area contributed by atoms with Crippen LogP contribution in [0.1, 0.15) is 27.3 Å². The number of allylic oxidation sites excluding steroid dienone is 1. The van der Waals surface area contributed by atoms with Crippen LogP contribution in [0.4, 0.5) is 11.4 Å². The molecular formula is C24H19ClN4O2. The molecule has 31 heavy (non-hydrogen) atoms. The van der Waals surface area contributed by atoms with Crippen molar-refractivity contribution in [2.24, 2.45) is 7.05 Å². The summed E-state index contributed by atoms with van der Waals surface area (Å²) in [5.74, 6) is -0.938. The molecule has 2 aromatic heterocycles. The first-order valence-electron chi connectivity index (χ1n) is 9.82. The van der Waals surface area contributed by atoms with E-state index >= 15 is 0 Å². The SMILES string of the molecule is CN(c1ccccc1Cl)c1cccc2c(C3=Cc4nccc(C(=O)O)c4C3)n(C)nc12. The molecule has 0 fully saturated rings. The lowest BCUT2D eigenvalue weighted by Gasteiger charge is -2.21. The predicted molar refractivity (Wildman–Crippen MR) is 123 cm³/mol. The fraction of sp³-hybridized carbons (Fsp3) is 0.125. The standard InChI is InChI=1S/C24H19ClN4O2/c1-28(20-8-4-3-7-18(20)25)21-9-5-6-16-22(21)27-29(2)23(16)14-12-17-15(24(30)31)10-11-26-19(17)13-14/h3-11,13H,12H2,1-2H3,(H,30,31). The Hall–Kier alpha value is -3.64. The Morgan fingerprint density at radius 1 is 1.13 bits per heavy atom. The zero-order valence-corrected chi connectivity index (χ0v) is 17.8. The predicted octanol–water partition coefficient (Wildman–Crippen LogP) is 5.18. The first-order chi connectivity index (χ1) is 15.0. The maximum absolute atomic E-state index is 11.6. The third-order valence-electron chi connectivity index (χ3n) is 5.72. The summed E-state index contributed by atoms with van der Waals surface area (Å²) < 4.78 is 1.85. The zero-order chi connectivity index (χ0) is 21.7. The highest BCUT2D eigenvalue weighted by Gasteiger charge is 2.25. The molecule has 2 heterocycles. The maximum Gasteiger partial charge on any atom is 0.336 e. The van der Waals surface area contributed by atoms with Gasteiger partial charge in [-0.15, -0.1) is 0 Å². The lowest BCUT2D eigenvalue weighted by Crippen LogP contribution is -2.10. The van der Waals surface area contributed by atoms with Gasteiger partial charge in [-0.1, -0.05) is 35.9 Å². The fourth-order valence-corrected chi connectivity index (χ4v) is 4.55. The van der Waals surface area contributed by atoms with Crippen molar-refractivity contribution in [3.63, 3.8) is 0 Å². The number of fused-ring (bicyclic) bond motifs is 2. The van der Waals surface area contributed by atoms with Crippen molar-refractivity contribution in [1.29, 1.82) is 0 Å². The molecule has 1 aliphatic carbocycles. The first-order valence-corrected chi connectivity index (χ1v) is 10.2. The Morgan fingerprint density at radius 2 is 1.90 bits per heavy atom. The molecule has 0 amide bonds. The van der Waals surface area contributed by atoms with E-state index in [9.17, 15) is 9.90 Å². The number of aromatic nitrogens is 3. The Labute approximate surface area is 184 Å². The highest BCUT2D eigenvalue weighted by molar-refractivity contribution is 6.33. The lowest BCUT2D eigenvalue weighted by atomic mass is 10.0. The number of aryl methyl sites for hydroxylation is 1. The molecule has 0 bridgehead atoms. The van der Waals surface area contributed by atoms with Crippen LogP contribution in [0.5, 0.6) is 0 Å². The van der Waals surface area contributed by atoms with Gasteiger partial charge < -0.3 is 10.0 Å². The number of aromatic carboxylic acids is 1. The number of pyridine rings is 1. The van der Waals surface area contributed by atoms with Crippen LogP contribution >= 0.6 is 11.6 Å². The molecule has 4 aromatic rings. The minimum Gasteiger partial charge on any atom is -0.478 e. The van der Waals surface area contributed by atoms with Gasteiger partial charge in [-0.3, -0.25) is 9.67 Å². The summed E-state index contributed by atoms with van der Waals surface area (Å²) in [4.78, 5) is 18.0. The molecule has 0 aliphatic heterocycles. The highest BCUT2D eigenvalue weighted by Crippen LogP contribution is 2.39. The van der Waals surface area contributed by atoms with Crippen molar-refractivity contribution in [1.82, 2.24) is 14.8 Å². The highest BCUT2D eigenvalue weighted by atomic mass is 35.5. The molecule has 0 spiro atoms. The molecule has 6 nitrogen and oxygen atoms in total. The van der Waals surface area contributed by atoms with Gasteiger partial charge >= 0.3 is 5.97 Å². The second-order valence-corrected chi connectivity index (χ2v) is 7.94. The third-order valence-corrected chi connectivity index (χ3v) is 6.04. The number of benzene rings is 2. The molecule has 154 valence electrons. The Balaban J connectivity index is 1.62. The summed E-state index contributed by atoms with van der Waals surface area (Å²) in [6.07, 6.45) is 4.01. The molecule has 0 saturated heterocycles. The third kappa shape index (κ3) is 3.07. The number of hydrogen-bond donors (Lipinski definition) is 1. The zero-order valence-electron chi connectivity index (χ0n) is 17.0. The summed E-state index contributed by atoms with van der Waals surface area (Å²) in [6, 6.07) is 15.3. The van der Waals surface area contributed by atoms with Crippen molar-refractivity contribution >= 4 is 51.5 Å². The molecule has 5 rings (SSSR count). The van der Waals surface area contributed by atoms with Gasteiger partial charge in [-0.25, -0.2) is 4.79 Å². The molecule has 0 radical (unpaired) electrons. The van der Waals surface area contributed by atoms with Gasteiger partial charge in [0.2, 0.25) is 0 Å². The van der Waals surface area contributed by atoms with E-state index in [1.54, 1.807) is 12.3 Å². The van der Waals surface area contributed by atoms with Gasteiger partial charge in [0.1, 0.15) is 5.52 Å². The van der Waals surface area contributed by atoms with E-state index in [4.69, 9.17) is 16.7 Å². The first kappa shape index (κ1) is 19.3. The summed E-state index contributed by atoms with van der Waals surface area (Å²) in [5.41, 5.74) is 6.38. The number of halogens is 1. The minimum atomic E-state index is -0.938. The summed E-state index contributed by atoms with van der Waals surface area (Å²) in [7, 11) is 3.88. The Kier molecular flexibility index (Phi) is 4.52. The number of para-hydroxylation sites is 1. The van der Waals surface area contributed by atoms with E-state index in [2.05, 4.69) is 4.98 Å². The van der Waals surface area contributed by atoms with Crippen LogP contribution in [0.3, 0.4) is 0 Å². The van der Waals surface area contributed by atoms with Crippen LogP contribution < -0.4 is 4.90 Å². The molecule has 1 aliphatic rings. The molecule has 2 aromatic carbocycles. The monoisotopic (exact) mass is 430 g/mol. The second-order valence-electron chi connectivity index (χ2n) is 7.53. The molecular weight excluding hydrogens is 412 g/mol. The molecule has 0 unspecified atom stereocenters. The summed E-state index contributed by atoms with van der Waals surface area (Å²) in [5, 5.41) is 16.0. The van der Waals surface area contributed by atoms with Crippen molar-refractivity contribution in [3.05, 3.63) is 82.3 Å². The van der Waals surface area contributed by atoms with Gasteiger partial charge in [-0.2, -0.15) is 5.10 Å². The molecule has 1 N–H and O–H groups in total. The maximum atomic E-state index is 11.6. The smallest absolute Gasteiger partial charge is 0.336 e.